The van der Waals surface area contributed by atoms with Gasteiger partial charge in [-0.3, -0.25) is 14.3 Å². The Morgan fingerprint density at radius 3 is 2.67 bits per heavy atom. The molecule has 10 heteroatoms. The molecule has 0 aliphatic carbocycles. The van der Waals surface area contributed by atoms with Crippen LogP contribution in [0, 0.1) is 6.92 Å². The van der Waals surface area contributed by atoms with E-state index in [1.807, 2.05) is 0 Å². The highest BCUT2D eigenvalue weighted by Crippen LogP contribution is 2.31. The van der Waals surface area contributed by atoms with E-state index in [-0.39, 0.29) is 18.1 Å². The lowest BCUT2D eigenvalue weighted by atomic mass is 10.1. The fourth-order valence-electron chi connectivity index (χ4n) is 2.60. The van der Waals surface area contributed by atoms with E-state index in [4.69, 9.17) is 16.1 Å². The van der Waals surface area contributed by atoms with Gasteiger partial charge in [0, 0.05) is 23.3 Å². The van der Waals surface area contributed by atoms with Crippen molar-refractivity contribution in [3.63, 3.8) is 0 Å². The third kappa shape index (κ3) is 3.83. The van der Waals surface area contributed by atoms with Crippen LogP contribution in [0.25, 0.3) is 0 Å². The van der Waals surface area contributed by atoms with Gasteiger partial charge in [0.2, 0.25) is 11.7 Å². The van der Waals surface area contributed by atoms with Crippen molar-refractivity contribution >= 4 is 11.6 Å². The minimum Gasteiger partial charge on any atom is -0.385 e. The quantitative estimate of drug-likeness (QED) is 0.681. The van der Waals surface area contributed by atoms with Crippen molar-refractivity contribution < 1.29 is 14.0 Å². The van der Waals surface area contributed by atoms with E-state index in [2.05, 4.69) is 15.1 Å². The molecular weight excluding hydrogens is 379 g/mol. The van der Waals surface area contributed by atoms with Crippen molar-refractivity contribution in [2.45, 2.75) is 25.6 Å². The first-order valence-corrected chi connectivity index (χ1v) is 8.34. The van der Waals surface area contributed by atoms with Gasteiger partial charge in [-0.15, -0.1) is 0 Å². The van der Waals surface area contributed by atoms with Crippen molar-refractivity contribution in [2.75, 3.05) is 0 Å². The number of alkyl halides is 1. The molecular formula is C17H16ClFN4O4. The van der Waals surface area contributed by atoms with Crippen molar-refractivity contribution in [3.8, 4) is 0 Å². The maximum atomic E-state index is 14.6. The van der Waals surface area contributed by atoms with Crippen molar-refractivity contribution in [1.82, 2.24) is 19.7 Å². The molecule has 0 saturated carbocycles. The van der Waals surface area contributed by atoms with Crippen LogP contribution in [0.3, 0.4) is 0 Å². The van der Waals surface area contributed by atoms with Crippen LogP contribution in [0.4, 0.5) is 4.39 Å². The van der Waals surface area contributed by atoms with E-state index in [1.54, 1.807) is 6.92 Å². The number of hydrogen-bond donors (Lipinski definition) is 2. The van der Waals surface area contributed by atoms with Gasteiger partial charge < -0.3 is 9.63 Å². The number of aromatic amines is 1. The Morgan fingerprint density at radius 1 is 1.33 bits per heavy atom. The average molecular weight is 395 g/mol. The van der Waals surface area contributed by atoms with Crippen molar-refractivity contribution in [3.05, 3.63) is 78.7 Å². The summed E-state index contributed by atoms with van der Waals surface area (Å²) in [7, 11) is 1.49. The van der Waals surface area contributed by atoms with Gasteiger partial charge in [-0.1, -0.05) is 28.9 Å². The molecule has 2 N–H and O–H groups in total. The molecule has 0 fully saturated rings. The molecule has 142 valence electrons. The molecule has 0 amide bonds. The first kappa shape index (κ1) is 19.0. The van der Waals surface area contributed by atoms with Gasteiger partial charge in [-0.2, -0.15) is 4.98 Å². The van der Waals surface area contributed by atoms with Crippen LogP contribution in [0.5, 0.6) is 0 Å². The lowest BCUT2D eigenvalue weighted by Crippen LogP contribution is -2.33. The molecule has 0 spiro atoms. The number of aliphatic hydroxyl groups excluding tert-OH is 1. The summed E-state index contributed by atoms with van der Waals surface area (Å²) in [6.45, 7) is 1.55. The molecule has 2 aromatic heterocycles. The summed E-state index contributed by atoms with van der Waals surface area (Å²) in [5, 5.41) is 14.2. The van der Waals surface area contributed by atoms with E-state index in [9.17, 15) is 19.1 Å². The van der Waals surface area contributed by atoms with Crippen LogP contribution in [0.2, 0.25) is 5.02 Å². The first-order valence-electron chi connectivity index (χ1n) is 7.96. The highest BCUT2D eigenvalue weighted by Gasteiger charge is 2.27. The predicted octanol–water partition coefficient (Wildman–Crippen LogP) is 1.75. The van der Waals surface area contributed by atoms with Crippen LogP contribution in [0.15, 0.2) is 38.4 Å². The second kappa shape index (κ2) is 7.45. The summed E-state index contributed by atoms with van der Waals surface area (Å²) in [5.74, 6) is -0.320. The third-order valence-electron chi connectivity index (χ3n) is 4.24. The molecule has 8 nitrogen and oxygen atoms in total. The summed E-state index contributed by atoms with van der Waals surface area (Å²) in [5.41, 5.74) is -0.107. The van der Waals surface area contributed by atoms with Gasteiger partial charge in [0.15, 0.2) is 6.17 Å². The Hall–Kier alpha value is -2.78. The van der Waals surface area contributed by atoms with E-state index in [0.717, 1.165) is 0 Å². The summed E-state index contributed by atoms with van der Waals surface area (Å²) in [6.07, 6.45) is -3.45. The first-order chi connectivity index (χ1) is 12.8. The van der Waals surface area contributed by atoms with Gasteiger partial charge in [0.1, 0.15) is 6.10 Å². The zero-order valence-electron chi connectivity index (χ0n) is 14.4. The zero-order valence-corrected chi connectivity index (χ0v) is 15.2. The normalized spacial score (nSPS) is 13.5. The van der Waals surface area contributed by atoms with Gasteiger partial charge in [0.05, 0.1) is 6.42 Å². The number of H-pyrrole nitrogens is 1. The monoisotopic (exact) mass is 394 g/mol. The Labute approximate surface area is 157 Å². The lowest BCUT2D eigenvalue weighted by Gasteiger charge is -2.13. The van der Waals surface area contributed by atoms with Crippen molar-refractivity contribution in [1.29, 1.82) is 0 Å². The van der Waals surface area contributed by atoms with E-state index >= 15 is 0 Å². The second-order valence-corrected chi connectivity index (χ2v) is 6.45. The number of hydrogen-bond acceptors (Lipinski definition) is 6. The highest BCUT2D eigenvalue weighted by atomic mass is 35.5. The smallest absolute Gasteiger partial charge is 0.328 e. The SMILES string of the molecule is Cc1c(Cc2nc(C(F)C(O)c3ccc(Cl)cc3)no2)n(C)c(=O)[nH]c1=O. The minimum absolute atomic E-state index is 0.0136. The standard InChI is InChI=1S/C17H16ClFN4O4/c1-8-11(23(2)17(26)21-16(8)25)7-12-20-15(22-27-12)13(19)14(24)9-3-5-10(18)6-4-9/h3-6,13-14,24H,7H2,1-2H3,(H,21,25,26). The molecule has 3 rings (SSSR count). The van der Waals surface area contributed by atoms with Crippen molar-refractivity contribution in [2.24, 2.45) is 7.05 Å². The maximum Gasteiger partial charge on any atom is 0.328 e. The molecule has 0 radical (unpaired) electrons. The molecule has 27 heavy (non-hydrogen) atoms. The third-order valence-corrected chi connectivity index (χ3v) is 4.49. The molecule has 0 bridgehead atoms. The van der Waals surface area contributed by atoms with Crippen LogP contribution in [-0.2, 0) is 13.5 Å². The maximum absolute atomic E-state index is 14.6. The minimum atomic E-state index is -1.92. The molecule has 0 aliphatic heterocycles. The number of aromatic nitrogens is 4. The number of halogens is 2. The fraction of sp³-hybridized carbons (Fsp3) is 0.294. The van der Waals surface area contributed by atoms with Gasteiger partial charge >= 0.3 is 5.69 Å². The number of benzene rings is 1. The van der Waals surface area contributed by atoms with Gasteiger partial charge in [-0.05, 0) is 24.6 Å². The fourth-order valence-corrected chi connectivity index (χ4v) is 2.72. The second-order valence-electron chi connectivity index (χ2n) is 6.01. The van der Waals surface area contributed by atoms with Crippen LogP contribution >= 0.6 is 11.6 Å². The summed E-state index contributed by atoms with van der Waals surface area (Å²) in [4.78, 5) is 29.6. The number of nitrogens with zero attached hydrogens (tertiary/aromatic N) is 3. The number of rotatable bonds is 5. The van der Waals surface area contributed by atoms with Crippen LogP contribution < -0.4 is 11.2 Å². The van der Waals surface area contributed by atoms with E-state index < -0.39 is 23.5 Å². The Bertz CT molecular complexity index is 1040. The van der Waals surface area contributed by atoms with Gasteiger partial charge in [0.25, 0.3) is 5.56 Å². The molecule has 2 atom stereocenters. The summed E-state index contributed by atoms with van der Waals surface area (Å²) < 4.78 is 20.8. The molecule has 2 unspecified atom stereocenters. The summed E-state index contributed by atoms with van der Waals surface area (Å²) in [6, 6.07) is 6.06. The molecule has 1 aromatic carbocycles. The van der Waals surface area contributed by atoms with Gasteiger partial charge in [-0.25, -0.2) is 9.18 Å². The van der Waals surface area contributed by atoms with Crippen LogP contribution in [-0.4, -0.2) is 24.8 Å². The lowest BCUT2D eigenvalue weighted by molar-refractivity contribution is 0.0708. The van der Waals surface area contributed by atoms with E-state index in [1.165, 1.54) is 35.9 Å². The zero-order chi connectivity index (χ0) is 19.7. The highest BCUT2D eigenvalue weighted by molar-refractivity contribution is 6.30. The number of nitrogens with one attached hydrogen (secondary N) is 1. The Kier molecular flexibility index (Phi) is 5.24. The number of aliphatic hydroxyl groups is 1. The predicted molar refractivity (Wildman–Crippen MR) is 94.4 cm³/mol. The van der Waals surface area contributed by atoms with E-state index in [0.29, 0.717) is 21.8 Å². The topological polar surface area (TPSA) is 114 Å². The molecule has 2 heterocycles. The molecule has 0 saturated heterocycles. The molecule has 3 aromatic rings. The largest absolute Gasteiger partial charge is 0.385 e. The Balaban J connectivity index is 1.84. The summed E-state index contributed by atoms with van der Waals surface area (Å²) >= 11 is 5.78. The molecule has 0 aliphatic rings. The average Bonchev–Trinajstić information content (AvgIpc) is 3.11. The van der Waals surface area contributed by atoms with Crippen LogP contribution in [0.1, 0.15) is 40.8 Å². The Morgan fingerprint density at radius 2 is 2.00 bits per heavy atom.